The van der Waals surface area contributed by atoms with Crippen LogP contribution in [0.2, 0.25) is 0 Å². The maximum Gasteiger partial charge on any atom is 0.257 e. The molecule has 0 bridgehead atoms. The van der Waals surface area contributed by atoms with Gasteiger partial charge in [0.2, 0.25) is 0 Å². The van der Waals surface area contributed by atoms with Gasteiger partial charge in [-0.3, -0.25) is 4.79 Å². The zero-order chi connectivity index (χ0) is 19.7. The number of allylic oxidation sites excluding steroid dienone is 5. The topological polar surface area (TPSA) is 59.0 Å². The monoisotopic (exact) mass is 368 g/mol. The van der Waals surface area contributed by atoms with Crippen molar-refractivity contribution >= 4 is 11.7 Å². The lowest BCUT2D eigenvalue weighted by atomic mass is 9.87. The zero-order valence-corrected chi connectivity index (χ0v) is 17.2. The second-order valence-corrected chi connectivity index (χ2v) is 8.51. The molecule has 3 rings (SSSR count). The Morgan fingerprint density at radius 2 is 2.07 bits per heavy atom. The smallest absolute Gasteiger partial charge is 0.257 e. The zero-order valence-electron chi connectivity index (χ0n) is 17.2. The first kappa shape index (κ1) is 19.5. The van der Waals surface area contributed by atoms with Crippen molar-refractivity contribution in [1.29, 1.82) is 0 Å². The fraction of sp³-hybridized carbons (Fsp3) is 0.545. The van der Waals surface area contributed by atoms with Crippen LogP contribution in [-0.2, 0) is 5.54 Å². The molecule has 2 aliphatic rings. The van der Waals surface area contributed by atoms with E-state index in [9.17, 15) is 4.79 Å². The van der Waals surface area contributed by atoms with Crippen molar-refractivity contribution in [3.8, 4) is 0 Å². The standard InChI is InChI=1S/C22H32N4O/c1-6-22(5,7-2)25-20(27)17-15-23-26-19(17)24-18(14-21(26,3)4)16-12-10-8-9-11-13-16/h8-12,15,18,24H,6-7,13-14H2,1-5H3,(H,25,27). The minimum atomic E-state index is -0.200. The number of amides is 1. The van der Waals surface area contributed by atoms with Crippen LogP contribution in [0.3, 0.4) is 0 Å². The van der Waals surface area contributed by atoms with Crippen molar-refractivity contribution < 1.29 is 4.79 Å². The minimum absolute atomic E-state index is 0.0546. The van der Waals surface area contributed by atoms with E-state index in [1.54, 1.807) is 6.20 Å². The number of carbonyl (C=O) groups excluding carboxylic acids is 1. The second kappa shape index (κ2) is 7.37. The van der Waals surface area contributed by atoms with Crippen molar-refractivity contribution in [3.63, 3.8) is 0 Å². The molecule has 0 radical (unpaired) electrons. The van der Waals surface area contributed by atoms with Crippen molar-refractivity contribution in [2.45, 2.75) is 77.4 Å². The third-order valence-electron chi connectivity index (χ3n) is 6.05. The van der Waals surface area contributed by atoms with Crippen LogP contribution >= 0.6 is 0 Å². The van der Waals surface area contributed by atoms with E-state index in [0.717, 1.165) is 31.5 Å². The predicted molar refractivity (Wildman–Crippen MR) is 111 cm³/mol. The van der Waals surface area contributed by atoms with Gasteiger partial charge in [-0.05, 0) is 52.0 Å². The van der Waals surface area contributed by atoms with Gasteiger partial charge in [0.1, 0.15) is 11.4 Å². The van der Waals surface area contributed by atoms with Gasteiger partial charge in [0.05, 0.1) is 17.8 Å². The van der Waals surface area contributed by atoms with E-state index in [1.807, 2.05) is 4.68 Å². The molecule has 1 atom stereocenters. The Kier molecular flexibility index (Phi) is 5.31. The molecule has 0 spiro atoms. The van der Waals surface area contributed by atoms with E-state index in [-0.39, 0.29) is 23.0 Å². The predicted octanol–water partition coefficient (Wildman–Crippen LogP) is 4.55. The van der Waals surface area contributed by atoms with Gasteiger partial charge in [0.25, 0.3) is 5.91 Å². The first-order chi connectivity index (χ1) is 12.8. The first-order valence-corrected chi connectivity index (χ1v) is 9.99. The van der Waals surface area contributed by atoms with Gasteiger partial charge in [-0.15, -0.1) is 0 Å². The highest BCUT2D eigenvalue weighted by Crippen LogP contribution is 2.37. The summed E-state index contributed by atoms with van der Waals surface area (Å²) in [5.74, 6) is 0.766. The summed E-state index contributed by atoms with van der Waals surface area (Å²) >= 11 is 0. The SMILES string of the molecule is CCC(C)(CC)NC(=O)c1cnn2c1NC(C1=CC=CC=CC1)CC2(C)C. The number of nitrogens with zero attached hydrogens (tertiary/aromatic N) is 2. The number of rotatable bonds is 5. The average Bonchev–Trinajstić information content (AvgIpc) is 2.89. The summed E-state index contributed by atoms with van der Waals surface area (Å²) in [6.07, 6.45) is 15.9. The Morgan fingerprint density at radius 3 is 2.78 bits per heavy atom. The molecule has 1 unspecified atom stereocenters. The molecule has 1 aromatic heterocycles. The number of carbonyl (C=O) groups is 1. The van der Waals surface area contributed by atoms with Gasteiger partial charge in [-0.25, -0.2) is 4.68 Å². The minimum Gasteiger partial charge on any atom is -0.363 e. The third-order valence-corrected chi connectivity index (χ3v) is 6.05. The largest absolute Gasteiger partial charge is 0.363 e. The summed E-state index contributed by atoms with van der Waals surface area (Å²) in [5.41, 5.74) is 1.60. The molecule has 146 valence electrons. The summed E-state index contributed by atoms with van der Waals surface area (Å²) < 4.78 is 1.97. The molecule has 1 aliphatic heterocycles. The van der Waals surface area contributed by atoms with Gasteiger partial charge in [-0.1, -0.05) is 44.2 Å². The van der Waals surface area contributed by atoms with Crippen LogP contribution < -0.4 is 10.6 Å². The van der Waals surface area contributed by atoms with E-state index >= 15 is 0 Å². The Bertz CT molecular complexity index is 793. The molecular formula is C22H32N4O. The Balaban J connectivity index is 1.91. The number of anilines is 1. The van der Waals surface area contributed by atoms with E-state index in [0.29, 0.717) is 5.56 Å². The van der Waals surface area contributed by atoms with Crippen molar-refractivity contribution in [1.82, 2.24) is 15.1 Å². The van der Waals surface area contributed by atoms with Gasteiger partial charge < -0.3 is 10.6 Å². The second-order valence-electron chi connectivity index (χ2n) is 8.51. The summed E-state index contributed by atoms with van der Waals surface area (Å²) in [7, 11) is 0. The summed E-state index contributed by atoms with van der Waals surface area (Å²) in [4.78, 5) is 13.0. The van der Waals surface area contributed by atoms with Crippen molar-refractivity contribution in [2.24, 2.45) is 0 Å². The van der Waals surface area contributed by atoms with Gasteiger partial charge in [0.15, 0.2) is 0 Å². The molecule has 5 nitrogen and oxygen atoms in total. The molecule has 1 aromatic rings. The lowest BCUT2D eigenvalue weighted by Crippen LogP contribution is -2.46. The van der Waals surface area contributed by atoms with Crippen molar-refractivity contribution in [2.75, 3.05) is 5.32 Å². The Hall–Kier alpha value is -2.30. The lowest BCUT2D eigenvalue weighted by molar-refractivity contribution is 0.0901. The number of fused-ring (bicyclic) bond motifs is 1. The number of aromatic nitrogens is 2. The van der Waals surface area contributed by atoms with E-state index in [4.69, 9.17) is 0 Å². The summed E-state index contributed by atoms with van der Waals surface area (Å²) in [5, 5.41) is 11.4. The Morgan fingerprint density at radius 1 is 1.33 bits per heavy atom. The molecule has 0 saturated carbocycles. The van der Waals surface area contributed by atoms with Crippen molar-refractivity contribution in [3.05, 3.63) is 47.7 Å². The fourth-order valence-corrected chi connectivity index (χ4v) is 3.76. The lowest BCUT2D eigenvalue weighted by Gasteiger charge is -2.39. The van der Waals surface area contributed by atoms with E-state index in [2.05, 4.69) is 80.7 Å². The van der Waals surface area contributed by atoms with E-state index in [1.165, 1.54) is 5.57 Å². The number of hydrogen-bond acceptors (Lipinski definition) is 3. The highest BCUT2D eigenvalue weighted by atomic mass is 16.1. The molecule has 1 amide bonds. The molecule has 2 N–H and O–H groups in total. The molecule has 0 aromatic carbocycles. The van der Waals surface area contributed by atoms with E-state index < -0.39 is 0 Å². The van der Waals surface area contributed by atoms with Gasteiger partial charge in [-0.2, -0.15) is 5.10 Å². The maximum absolute atomic E-state index is 13.0. The van der Waals surface area contributed by atoms with Crippen LogP contribution in [0.4, 0.5) is 5.82 Å². The van der Waals surface area contributed by atoms with Crippen LogP contribution in [0.1, 0.15) is 70.7 Å². The molecule has 0 saturated heterocycles. The summed E-state index contributed by atoms with van der Waals surface area (Å²) in [6, 6.07) is 0.187. The molecule has 5 heteroatoms. The highest BCUT2D eigenvalue weighted by molar-refractivity contribution is 5.99. The molecule has 27 heavy (non-hydrogen) atoms. The van der Waals surface area contributed by atoms with Crippen LogP contribution in [0.5, 0.6) is 0 Å². The van der Waals surface area contributed by atoms with Gasteiger partial charge >= 0.3 is 0 Å². The maximum atomic E-state index is 13.0. The fourth-order valence-electron chi connectivity index (χ4n) is 3.76. The number of nitrogens with one attached hydrogen (secondary N) is 2. The van der Waals surface area contributed by atoms with Crippen LogP contribution in [0.25, 0.3) is 0 Å². The average molecular weight is 369 g/mol. The normalized spacial score (nSPS) is 21.1. The summed E-state index contributed by atoms with van der Waals surface area (Å²) in [6.45, 7) is 10.7. The molecule has 1 aliphatic carbocycles. The first-order valence-electron chi connectivity index (χ1n) is 9.99. The third kappa shape index (κ3) is 3.87. The van der Waals surface area contributed by atoms with Crippen LogP contribution in [-0.4, -0.2) is 27.3 Å². The Labute approximate surface area is 162 Å². The quantitative estimate of drug-likeness (QED) is 0.801. The van der Waals surface area contributed by atoms with Gasteiger partial charge in [0, 0.05) is 5.54 Å². The molecule has 0 fully saturated rings. The number of hydrogen-bond donors (Lipinski definition) is 2. The van der Waals surface area contributed by atoms with Crippen LogP contribution in [0.15, 0.2) is 42.2 Å². The highest BCUT2D eigenvalue weighted by Gasteiger charge is 2.37. The molecular weight excluding hydrogens is 336 g/mol. The molecule has 2 heterocycles. The van der Waals surface area contributed by atoms with Crippen LogP contribution in [0, 0.1) is 0 Å².